The third-order valence-electron chi connectivity index (χ3n) is 1.67. The Morgan fingerprint density at radius 3 is 2.47 bits per heavy atom. The van der Waals surface area contributed by atoms with E-state index >= 15 is 0 Å². The van der Waals surface area contributed by atoms with Crippen LogP contribution in [-0.4, -0.2) is 11.7 Å². The van der Waals surface area contributed by atoms with Gasteiger partial charge in [0.2, 0.25) is 0 Å². The molecule has 0 aliphatic carbocycles. The number of carbonyl (C=O) groups is 1. The van der Waals surface area contributed by atoms with Crippen LogP contribution in [0.2, 0.25) is 0 Å². The van der Waals surface area contributed by atoms with E-state index in [4.69, 9.17) is 4.74 Å². The number of carbonyl (C=O) groups excluding carboxylic acids is 1. The van der Waals surface area contributed by atoms with Crippen molar-refractivity contribution in [3.63, 3.8) is 0 Å². The standard InChI is InChI=1S/C11H12F2INO2/c1-11(2,3)17-10(16)15-7-5-4-6(12)9(14)8(7)13/h4-5H,1-3H3,(H,15,16). The van der Waals surface area contributed by atoms with E-state index < -0.39 is 23.3 Å². The SMILES string of the molecule is CC(C)(C)OC(=O)Nc1ccc(F)c(I)c1F. The van der Waals surface area contributed by atoms with E-state index in [1.165, 1.54) is 22.6 Å². The molecule has 1 aromatic rings. The van der Waals surface area contributed by atoms with E-state index in [1.54, 1.807) is 20.8 Å². The fourth-order valence-electron chi connectivity index (χ4n) is 1.04. The first-order chi connectivity index (χ1) is 7.70. The molecule has 0 bridgehead atoms. The smallest absolute Gasteiger partial charge is 0.412 e. The van der Waals surface area contributed by atoms with Gasteiger partial charge in [-0.25, -0.2) is 13.6 Å². The van der Waals surface area contributed by atoms with Crippen LogP contribution >= 0.6 is 22.6 Å². The van der Waals surface area contributed by atoms with Gasteiger partial charge in [0.05, 0.1) is 9.26 Å². The highest BCUT2D eigenvalue weighted by molar-refractivity contribution is 14.1. The first-order valence-electron chi connectivity index (χ1n) is 4.84. The van der Waals surface area contributed by atoms with Gasteiger partial charge in [0.15, 0.2) is 5.82 Å². The van der Waals surface area contributed by atoms with Crippen LogP contribution < -0.4 is 5.32 Å². The zero-order chi connectivity index (χ0) is 13.2. The number of amides is 1. The van der Waals surface area contributed by atoms with Crippen LogP contribution in [0.3, 0.4) is 0 Å². The summed E-state index contributed by atoms with van der Waals surface area (Å²) < 4.78 is 31.3. The number of rotatable bonds is 1. The number of nitrogens with one attached hydrogen (secondary N) is 1. The van der Waals surface area contributed by atoms with Gasteiger partial charge in [0.25, 0.3) is 0 Å². The lowest BCUT2D eigenvalue weighted by Gasteiger charge is -2.19. The topological polar surface area (TPSA) is 38.3 Å². The molecule has 0 heterocycles. The minimum absolute atomic E-state index is 0.106. The van der Waals surface area contributed by atoms with Gasteiger partial charge in [-0.1, -0.05) is 0 Å². The van der Waals surface area contributed by atoms with Gasteiger partial charge in [-0.05, 0) is 55.5 Å². The van der Waals surface area contributed by atoms with Gasteiger partial charge in [-0.3, -0.25) is 5.32 Å². The van der Waals surface area contributed by atoms with Crippen LogP contribution in [0.25, 0.3) is 0 Å². The highest BCUT2D eigenvalue weighted by atomic mass is 127. The van der Waals surface area contributed by atoms with Gasteiger partial charge in [0, 0.05) is 0 Å². The van der Waals surface area contributed by atoms with E-state index in [1.807, 2.05) is 0 Å². The molecule has 0 aliphatic rings. The molecule has 0 saturated heterocycles. The van der Waals surface area contributed by atoms with Crippen molar-refractivity contribution < 1.29 is 18.3 Å². The van der Waals surface area contributed by atoms with E-state index in [0.717, 1.165) is 12.1 Å². The molecule has 0 aliphatic heterocycles. The predicted molar refractivity (Wildman–Crippen MR) is 68.9 cm³/mol. The summed E-state index contributed by atoms with van der Waals surface area (Å²) in [7, 11) is 0. The number of hydrogen-bond acceptors (Lipinski definition) is 2. The number of hydrogen-bond donors (Lipinski definition) is 1. The summed E-state index contributed by atoms with van der Waals surface area (Å²) in [4.78, 5) is 11.4. The van der Waals surface area contributed by atoms with Gasteiger partial charge < -0.3 is 4.74 Å². The Balaban J connectivity index is 2.83. The first kappa shape index (κ1) is 14.1. The molecule has 1 aromatic carbocycles. The average Bonchev–Trinajstić information content (AvgIpc) is 2.16. The maximum atomic E-state index is 13.5. The molecule has 0 atom stereocenters. The molecule has 0 fully saturated rings. The zero-order valence-corrected chi connectivity index (χ0v) is 11.8. The van der Waals surface area contributed by atoms with E-state index in [-0.39, 0.29) is 9.26 Å². The molecule has 0 saturated carbocycles. The van der Waals surface area contributed by atoms with Crippen molar-refractivity contribution in [2.24, 2.45) is 0 Å². The predicted octanol–water partition coefficient (Wildman–Crippen LogP) is 3.92. The van der Waals surface area contributed by atoms with Crippen LogP contribution in [0.15, 0.2) is 12.1 Å². The summed E-state index contributed by atoms with van der Waals surface area (Å²) in [5.41, 5.74) is -0.779. The average molecular weight is 355 g/mol. The van der Waals surface area contributed by atoms with Crippen LogP contribution in [-0.2, 0) is 4.74 Å². The van der Waals surface area contributed by atoms with Crippen LogP contribution in [0.5, 0.6) is 0 Å². The van der Waals surface area contributed by atoms with Gasteiger partial charge in [0.1, 0.15) is 11.4 Å². The summed E-state index contributed by atoms with van der Waals surface area (Å²) in [5.74, 6) is -1.48. The largest absolute Gasteiger partial charge is 0.444 e. The molecule has 6 heteroatoms. The molecule has 94 valence electrons. The minimum Gasteiger partial charge on any atom is -0.444 e. The zero-order valence-electron chi connectivity index (χ0n) is 9.61. The molecule has 0 radical (unpaired) electrons. The van der Waals surface area contributed by atoms with Crippen molar-refractivity contribution in [2.45, 2.75) is 26.4 Å². The number of ether oxygens (including phenoxy) is 1. The van der Waals surface area contributed by atoms with Crippen LogP contribution in [0, 0.1) is 15.2 Å². The highest BCUT2D eigenvalue weighted by Gasteiger charge is 2.18. The second kappa shape index (κ2) is 5.16. The summed E-state index contributed by atoms with van der Waals surface area (Å²) in [6.45, 7) is 5.08. The Kier molecular flexibility index (Phi) is 4.29. The lowest BCUT2D eigenvalue weighted by molar-refractivity contribution is 0.0635. The first-order valence-corrected chi connectivity index (χ1v) is 5.92. The Labute approximate surface area is 112 Å². The Morgan fingerprint density at radius 2 is 1.94 bits per heavy atom. The van der Waals surface area contributed by atoms with Crippen LogP contribution in [0.1, 0.15) is 20.8 Å². The maximum absolute atomic E-state index is 13.5. The second-order valence-corrected chi connectivity index (χ2v) is 5.43. The molecule has 0 aromatic heterocycles. The third-order valence-corrected chi connectivity index (χ3v) is 2.66. The summed E-state index contributed by atoms with van der Waals surface area (Å²) in [6.07, 6.45) is -0.779. The molecular weight excluding hydrogens is 343 g/mol. The lowest BCUT2D eigenvalue weighted by atomic mass is 10.2. The summed E-state index contributed by atoms with van der Waals surface area (Å²) in [6, 6.07) is 2.23. The van der Waals surface area contributed by atoms with E-state index in [2.05, 4.69) is 5.32 Å². The van der Waals surface area contributed by atoms with Gasteiger partial charge >= 0.3 is 6.09 Å². The van der Waals surface area contributed by atoms with Crippen LogP contribution in [0.4, 0.5) is 19.3 Å². The minimum atomic E-state index is -0.809. The fraction of sp³-hybridized carbons (Fsp3) is 0.364. The van der Waals surface area contributed by atoms with Crippen molar-refractivity contribution in [3.05, 3.63) is 27.3 Å². The van der Waals surface area contributed by atoms with Crippen molar-refractivity contribution in [3.8, 4) is 0 Å². The second-order valence-electron chi connectivity index (χ2n) is 4.35. The molecule has 1 amide bonds. The molecule has 1 rings (SSSR count). The third kappa shape index (κ3) is 4.10. The Bertz CT molecular complexity index is 444. The molecular formula is C11H12F2INO2. The molecule has 0 spiro atoms. The highest BCUT2D eigenvalue weighted by Crippen LogP contribution is 2.23. The normalized spacial score (nSPS) is 11.2. The van der Waals surface area contributed by atoms with Crippen molar-refractivity contribution in [2.75, 3.05) is 5.32 Å². The van der Waals surface area contributed by atoms with E-state index in [9.17, 15) is 13.6 Å². The molecule has 0 unspecified atom stereocenters. The monoisotopic (exact) mass is 355 g/mol. The quantitative estimate of drug-likeness (QED) is 0.613. The molecule has 17 heavy (non-hydrogen) atoms. The summed E-state index contributed by atoms with van der Waals surface area (Å²) >= 11 is 1.53. The van der Waals surface area contributed by atoms with Gasteiger partial charge in [-0.2, -0.15) is 0 Å². The van der Waals surface area contributed by atoms with Gasteiger partial charge in [-0.15, -0.1) is 0 Å². The fourth-order valence-corrected chi connectivity index (χ4v) is 1.51. The number of halogens is 3. The Hall–Kier alpha value is -0.920. The summed E-state index contributed by atoms with van der Waals surface area (Å²) in [5, 5.41) is 2.23. The lowest BCUT2D eigenvalue weighted by Crippen LogP contribution is -2.27. The molecule has 1 N–H and O–H groups in total. The molecule has 3 nitrogen and oxygen atoms in total. The van der Waals surface area contributed by atoms with Crippen molar-refractivity contribution in [1.29, 1.82) is 0 Å². The van der Waals surface area contributed by atoms with E-state index in [0.29, 0.717) is 0 Å². The number of anilines is 1. The van der Waals surface area contributed by atoms with Crippen molar-refractivity contribution >= 4 is 34.4 Å². The maximum Gasteiger partial charge on any atom is 0.412 e. The van der Waals surface area contributed by atoms with Crippen molar-refractivity contribution in [1.82, 2.24) is 0 Å². The Morgan fingerprint density at radius 1 is 1.35 bits per heavy atom. The number of benzene rings is 1.